The first-order valence-corrected chi connectivity index (χ1v) is 8.47. The van der Waals surface area contributed by atoms with Crippen molar-refractivity contribution in [1.82, 2.24) is 0 Å². The number of ether oxygens (including phenoxy) is 1. The molecule has 1 heterocycles. The molecular formula is C17H18O3S. The number of rotatable bonds is 4. The van der Waals surface area contributed by atoms with E-state index in [1.165, 1.54) is 0 Å². The summed E-state index contributed by atoms with van der Waals surface area (Å²) in [6.45, 7) is 4.13. The van der Waals surface area contributed by atoms with E-state index in [0.29, 0.717) is 9.79 Å². The van der Waals surface area contributed by atoms with Gasteiger partial charge in [0.2, 0.25) is 9.84 Å². The molecule has 110 valence electrons. The van der Waals surface area contributed by atoms with Crippen molar-refractivity contribution in [2.45, 2.75) is 41.8 Å². The quantitative estimate of drug-likeness (QED) is 0.815. The summed E-state index contributed by atoms with van der Waals surface area (Å²) in [5.74, 6) is 0. The van der Waals surface area contributed by atoms with E-state index in [0.717, 1.165) is 12.0 Å². The predicted molar refractivity (Wildman–Crippen MR) is 81.0 cm³/mol. The van der Waals surface area contributed by atoms with E-state index < -0.39 is 9.84 Å². The van der Waals surface area contributed by atoms with Crippen LogP contribution in [0.5, 0.6) is 0 Å². The fourth-order valence-corrected chi connectivity index (χ4v) is 3.76. The smallest absolute Gasteiger partial charge is 0.206 e. The standard InChI is InChI=1S/C17H18O3S/c1-13-17(2,20-13)12-14-8-10-16(11-9-14)21(18,19)15-6-4-3-5-7-15/h3-11,13H,12H2,1-2H3. The van der Waals surface area contributed by atoms with Gasteiger partial charge in [0.15, 0.2) is 0 Å². The van der Waals surface area contributed by atoms with Gasteiger partial charge < -0.3 is 4.74 Å². The van der Waals surface area contributed by atoms with Gasteiger partial charge in [0, 0.05) is 6.42 Å². The van der Waals surface area contributed by atoms with Crippen LogP contribution in [0.15, 0.2) is 64.4 Å². The van der Waals surface area contributed by atoms with Crippen LogP contribution in [0.3, 0.4) is 0 Å². The summed E-state index contributed by atoms with van der Waals surface area (Å²) in [6.07, 6.45) is 1.07. The monoisotopic (exact) mass is 302 g/mol. The zero-order valence-corrected chi connectivity index (χ0v) is 12.9. The third-order valence-electron chi connectivity index (χ3n) is 4.09. The molecule has 4 heteroatoms. The number of epoxide rings is 1. The SMILES string of the molecule is CC1OC1(C)Cc1ccc(S(=O)(=O)c2ccccc2)cc1. The first-order valence-electron chi connectivity index (χ1n) is 6.99. The van der Waals surface area contributed by atoms with Crippen LogP contribution in [-0.2, 0) is 21.0 Å². The zero-order chi connectivity index (χ0) is 15.1. The van der Waals surface area contributed by atoms with Crippen LogP contribution in [0.2, 0.25) is 0 Å². The van der Waals surface area contributed by atoms with E-state index in [2.05, 4.69) is 6.92 Å². The second-order valence-corrected chi connectivity index (χ2v) is 7.66. The Morgan fingerprint density at radius 2 is 1.52 bits per heavy atom. The van der Waals surface area contributed by atoms with Crippen LogP contribution in [-0.4, -0.2) is 20.1 Å². The Morgan fingerprint density at radius 3 is 2.05 bits per heavy atom. The van der Waals surface area contributed by atoms with Crippen LogP contribution >= 0.6 is 0 Å². The minimum Gasteiger partial charge on any atom is -0.366 e. The molecule has 0 aromatic heterocycles. The molecular weight excluding hydrogens is 284 g/mol. The van der Waals surface area contributed by atoms with Crippen molar-refractivity contribution in [1.29, 1.82) is 0 Å². The van der Waals surface area contributed by atoms with Crippen LogP contribution < -0.4 is 0 Å². The summed E-state index contributed by atoms with van der Waals surface area (Å²) in [5, 5.41) is 0. The highest BCUT2D eigenvalue weighted by Crippen LogP contribution is 2.38. The molecule has 21 heavy (non-hydrogen) atoms. The van der Waals surface area contributed by atoms with Gasteiger partial charge in [-0.1, -0.05) is 30.3 Å². The van der Waals surface area contributed by atoms with Crippen LogP contribution in [0.25, 0.3) is 0 Å². The van der Waals surface area contributed by atoms with Gasteiger partial charge in [0.05, 0.1) is 21.5 Å². The first kappa shape index (κ1) is 14.3. The van der Waals surface area contributed by atoms with Gasteiger partial charge in [-0.2, -0.15) is 0 Å². The maximum Gasteiger partial charge on any atom is 0.206 e. The van der Waals surface area contributed by atoms with Crippen molar-refractivity contribution in [3.63, 3.8) is 0 Å². The van der Waals surface area contributed by atoms with E-state index in [1.807, 2.05) is 19.1 Å². The Kier molecular flexibility index (Phi) is 3.38. The Bertz CT molecular complexity index is 735. The topological polar surface area (TPSA) is 46.7 Å². The lowest BCUT2D eigenvalue weighted by atomic mass is 9.99. The second kappa shape index (κ2) is 4.97. The zero-order valence-electron chi connectivity index (χ0n) is 12.1. The molecule has 2 atom stereocenters. The normalized spacial score (nSPS) is 24.8. The van der Waals surface area contributed by atoms with Gasteiger partial charge in [-0.25, -0.2) is 8.42 Å². The molecule has 0 N–H and O–H groups in total. The largest absolute Gasteiger partial charge is 0.366 e. The minimum atomic E-state index is -3.43. The molecule has 2 aromatic rings. The lowest BCUT2D eigenvalue weighted by Gasteiger charge is -2.08. The number of hydrogen-bond acceptors (Lipinski definition) is 3. The maximum absolute atomic E-state index is 12.5. The average molecular weight is 302 g/mol. The minimum absolute atomic E-state index is 0.0974. The molecule has 1 saturated heterocycles. The molecule has 2 aromatic carbocycles. The summed E-state index contributed by atoms with van der Waals surface area (Å²) < 4.78 is 30.5. The van der Waals surface area contributed by atoms with E-state index >= 15 is 0 Å². The van der Waals surface area contributed by atoms with Gasteiger partial charge in [-0.15, -0.1) is 0 Å². The molecule has 0 spiro atoms. The molecule has 1 aliphatic rings. The highest BCUT2D eigenvalue weighted by molar-refractivity contribution is 7.91. The summed E-state index contributed by atoms with van der Waals surface area (Å²) >= 11 is 0. The van der Waals surface area contributed by atoms with Crippen molar-refractivity contribution in [2.75, 3.05) is 0 Å². The lowest BCUT2D eigenvalue weighted by molar-refractivity contribution is 0.310. The third-order valence-corrected chi connectivity index (χ3v) is 5.88. The van der Waals surface area contributed by atoms with Crippen LogP contribution in [0, 0.1) is 0 Å². The maximum atomic E-state index is 12.5. The van der Waals surface area contributed by atoms with E-state index in [-0.39, 0.29) is 11.7 Å². The molecule has 1 aliphatic heterocycles. The summed E-state index contributed by atoms with van der Waals surface area (Å²) in [6, 6.07) is 15.6. The van der Waals surface area contributed by atoms with Crippen molar-refractivity contribution >= 4 is 9.84 Å². The molecule has 0 aliphatic carbocycles. The second-order valence-electron chi connectivity index (χ2n) is 5.71. The third kappa shape index (κ3) is 2.74. The highest BCUT2D eigenvalue weighted by Gasteiger charge is 2.48. The number of sulfone groups is 1. The van der Waals surface area contributed by atoms with Gasteiger partial charge in [-0.05, 0) is 43.7 Å². The molecule has 3 rings (SSSR count). The molecule has 1 fully saturated rings. The van der Waals surface area contributed by atoms with Crippen molar-refractivity contribution in [3.8, 4) is 0 Å². The number of benzene rings is 2. The fraction of sp³-hybridized carbons (Fsp3) is 0.294. The van der Waals surface area contributed by atoms with Crippen LogP contribution in [0.4, 0.5) is 0 Å². The van der Waals surface area contributed by atoms with Gasteiger partial charge >= 0.3 is 0 Å². The van der Waals surface area contributed by atoms with Gasteiger partial charge in [-0.3, -0.25) is 0 Å². The summed E-state index contributed by atoms with van der Waals surface area (Å²) in [5.41, 5.74) is 0.994. The van der Waals surface area contributed by atoms with Gasteiger partial charge in [0.1, 0.15) is 0 Å². The Balaban J connectivity index is 1.84. The van der Waals surface area contributed by atoms with E-state index in [9.17, 15) is 8.42 Å². The molecule has 0 amide bonds. The Labute approximate surface area is 125 Å². The average Bonchev–Trinajstić information content (AvgIpc) is 3.07. The fourth-order valence-electron chi connectivity index (χ4n) is 2.48. The predicted octanol–water partition coefficient (Wildman–Crippen LogP) is 3.24. The molecule has 0 radical (unpaired) electrons. The number of hydrogen-bond donors (Lipinski definition) is 0. The highest BCUT2D eigenvalue weighted by atomic mass is 32.2. The first-order chi connectivity index (χ1) is 9.92. The van der Waals surface area contributed by atoms with Crippen molar-refractivity contribution < 1.29 is 13.2 Å². The van der Waals surface area contributed by atoms with E-state index in [1.54, 1.807) is 42.5 Å². The molecule has 2 unspecified atom stereocenters. The molecule has 0 saturated carbocycles. The molecule has 3 nitrogen and oxygen atoms in total. The van der Waals surface area contributed by atoms with Crippen molar-refractivity contribution in [2.24, 2.45) is 0 Å². The Morgan fingerprint density at radius 1 is 1.00 bits per heavy atom. The summed E-state index contributed by atoms with van der Waals surface area (Å²) in [7, 11) is -3.43. The van der Waals surface area contributed by atoms with Crippen molar-refractivity contribution in [3.05, 3.63) is 60.2 Å². The van der Waals surface area contributed by atoms with E-state index in [4.69, 9.17) is 4.74 Å². The van der Waals surface area contributed by atoms with Crippen LogP contribution in [0.1, 0.15) is 19.4 Å². The Hall–Kier alpha value is -1.65. The van der Waals surface area contributed by atoms with Gasteiger partial charge in [0.25, 0.3) is 0 Å². The summed E-state index contributed by atoms with van der Waals surface area (Å²) in [4.78, 5) is 0.649. The lowest BCUT2D eigenvalue weighted by Crippen LogP contribution is -2.12. The molecule has 0 bridgehead atoms.